The van der Waals surface area contributed by atoms with Crippen LogP contribution in [0, 0.1) is 0 Å². The summed E-state index contributed by atoms with van der Waals surface area (Å²) in [6.45, 7) is 2.31. The molecule has 1 heterocycles. The smallest absolute Gasteiger partial charge is 0.388 e. The highest BCUT2D eigenvalue weighted by atomic mass is 32.1. The van der Waals surface area contributed by atoms with Gasteiger partial charge in [-0.1, -0.05) is 12.6 Å². The molecule has 0 aliphatic carbocycles. The third-order valence-corrected chi connectivity index (χ3v) is 2.64. The first-order valence-electron chi connectivity index (χ1n) is 5.99. The fraction of sp³-hybridized carbons (Fsp3) is 0.727. The largest absolute Gasteiger partial charge is 0.457 e. The summed E-state index contributed by atoms with van der Waals surface area (Å²) in [7, 11) is 0. The number of carbonyl (C=O) groups excluding carboxylic acids is 3. The molecule has 1 rings (SSSR count). The first kappa shape index (κ1) is 17.6. The minimum absolute atomic E-state index is 0.0487. The van der Waals surface area contributed by atoms with E-state index < -0.39 is 41.7 Å². The average molecular weight is 327 g/mol. The molecule has 0 saturated carbocycles. The molecule has 120 valence electrons. The predicted octanol–water partition coefficient (Wildman–Crippen LogP) is 0.583. The molecule has 0 aromatic rings. The van der Waals surface area contributed by atoms with Crippen molar-refractivity contribution in [2.75, 3.05) is 0 Å². The SMILES string of the molecule is CC(=O)OC1CC(OC(=O)C(F)(F)S)CC(OC(C)=O)N1. The molecule has 0 aromatic carbocycles. The molecule has 10 heteroatoms. The average Bonchev–Trinajstić information content (AvgIpc) is 2.24. The maximum atomic E-state index is 12.7. The number of carbonyl (C=O) groups is 3. The Balaban J connectivity index is 2.70. The summed E-state index contributed by atoms with van der Waals surface area (Å²) in [6.07, 6.45) is -2.95. The minimum atomic E-state index is -3.93. The third kappa shape index (κ3) is 6.25. The van der Waals surface area contributed by atoms with Crippen LogP contribution in [0.5, 0.6) is 0 Å². The molecule has 0 radical (unpaired) electrons. The van der Waals surface area contributed by atoms with E-state index in [1.807, 2.05) is 0 Å². The molecule has 1 N–H and O–H groups in total. The molecular weight excluding hydrogens is 312 g/mol. The molecule has 0 spiro atoms. The molecular formula is C11H15F2NO6S. The van der Waals surface area contributed by atoms with E-state index in [1.165, 1.54) is 0 Å². The van der Waals surface area contributed by atoms with E-state index >= 15 is 0 Å². The van der Waals surface area contributed by atoms with Gasteiger partial charge in [-0.15, -0.1) is 0 Å². The number of halogens is 2. The van der Waals surface area contributed by atoms with Crippen molar-refractivity contribution < 1.29 is 37.4 Å². The van der Waals surface area contributed by atoms with Crippen LogP contribution < -0.4 is 5.32 Å². The quantitative estimate of drug-likeness (QED) is 0.443. The van der Waals surface area contributed by atoms with Crippen molar-refractivity contribution in [1.29, 1.82) is 0 Å². The monoisotopic (exact) mass is 327 g/mol. The van der Waals surface area contributed by atoms with Gasteiger partial charge in [0, 0.05) is 26.7 Å². The van der Waals surface area contributed by atoms with Crippen LogP contribution in [0.15, 0.2) is 0 Å². The predicted molar refractivity (Wildman–Crippen MR) is 67.3 cm³/mol. The van der Waals surface area contributed by atoms with Crippen molar-refractivity contribution in [3.05, 3.63) is 0 Å². The molecule has 1 saturated heterocycles. The highest BCUT2D eigenvalue weighted by molar-refractivity contribution is 7.82. The lowest BCUT2D eigenvalue weighted by atomic mass is 10.1. The second kappa shape index (κ2) is 7.03. The van der Waals surface area contributed by atoms with Crippen LogP contribution in [0.25, 0.3) is 0 Å². The fourth-order valence-corrected chi connectivity index (χ4v) is 1.85. The zero-order chi connectivity index (χ0) is 16.2. The molecule has 2 atom stereocenters. The second-order valence-corrected chi connectivity index (χ2v) is 4.96. The number of hydrogen-bond acceptors (Lipinski definition) is 8. The number of thiol groups is 1. The Hall–Kier alpha value is -1.42. The summed E-state index contributed by atoms with van der Waals surface area (Å²) in [5.41, 5.74) is 0. The highest BCUT2D eigenvalue weighted by Crippen LogP contribution is 2.25. The summed E-state index contributed by atoms with van der Waals surface area (Å²) in [6, 6.07) is 0. The van der Waals surface area contributed by atoms with Crippen molar-refractivity contribution in [2.45, 2.75) is 50.5 Å². The number of ether oxygens (including phenoxy) is 3. The maximum absolute atomic E-state index is 12.7. The Kier molecular flexibility index (Phi) is 5.90. The molecule has 1 aliphatic heterocycles. The fourth-order valence-electron chi connectivity index (χ4n) is 1.80. The summed E-state index contributed by atoms with van der Waals surface area (Å²) in [4.78, 5) is 32.9. The van der Waals surface area contributed by atoms with Crippen LogP contribution in [-0.2, 0) is 28.6 Å². The molecule has 1 fully saturated rings. The normalized spacial score (nSPS) is 25.9. The molecule has 2 unspecified atom stereocenters. The van der Waals surface area contributed by atoms with Gasteiger partial charge in [0.25, 0.3) is 0 Å². The van der Waals surface area contributed by atoms with Crippen LogP contribution in [-0.4, -0.2) is 41.7 Å². The Morgan fingerprint density at radius 2 is 1.48 bits per heavy atom. The molecule has 0 amide bonds. The number of alkyl halides is 2. The Morgan fingerprint density at radius 3 is 1.81 bits per heavy atom. The van der Waals surface area contributed by atoms with Crippen molar-refractivity contribution in [3.63, 3.8) is 0 Å². The first-order chi connectivity index (χ1) is 9.57. The summed E-state index contributed by atoms with van der Waals surface area (Å²) < 4.78 is 39.7. The zero-order valence-corrected chi connectivity index (χ0v) is 12.2. The molecule has 1 aliphatic rings. The number of esters is 3. The van der Waals surface area contributed by atoms with Gasteiger partial charge in [0.05, 0.1) is 0 Å². The van der Waals surface area contributed by atoms with Gasteiger partial charge < -0.3 is 14.2 Å². The summed E-state index contributed by atoms with van der Waals surface area (Å²) in [5, 5.41) is -1.26. The van der Waals surface area contributed by atoms with Crippen LogP contribution in [0.4, 0.5) is 8.78 Å². The van der Waals surface area contributed by atoms with E-state index in [0.29, 0.717) is 0 Å². The van der Waals surface area contributed by atoms with E-state index in [9.17, 15) is 23.2 Å². The van der Waals surface area contributed by atoms with Gasteiger partial charge >= 0.3 is 23.2 Å². The van der Waals surface area contributed by atoms with E-state index in [-0.39, 0.29) is 12.8 Å². The zero-order valence-electron chi connectivity index (χ0n) is 11.3. The highest BCUT2D eigenvalue weighted by Gasteiger charge is 2.40. The van der Waals surface area contributed by atoms with Gasteiger partial charge in [0.2, 0.25) is 0 Å². The topological polar surface area (TPSA) is 90.9 Å². The lowest BCUT2D eigenvalue weighted by Gasteiger charge is -2.34. The van der Waals surface area contributed by atoms with Gasteiger partial charge in [0.1, 0.15) is 6.10 Å². The van der Waals surface area contributed by atoms with Crippen molar-refractivity contribution >= 4 is 30.5 Å². The van der Waals surface area contributed by atoms with Gasteiger partial charge in [-0.3, -0.25) is 9.59 Å². The van der Waals surface area contributed by atoms with E-state index in [2.05, 4.69) is 22.7 Å². The van der Waals surface area contributed by atoms with Crippen molar-refractivity contribution in [2.24, 2.45) is 0 Å². The Labute approximate surface area is 124 Å². The Bertz CT molecular complexity index is 403. The molecule has 7 nitrogen and oxygen atoms in total. The van der Waals surface area contributed by atoms with Crippen LogP contribution >= 0.6 is 12.6 Å². The van der Waals surface area contributed by atoms with Crippen LogP contribution in [0.1, 0.15) is 26.7 Å². The van der Waals surface area contributed by atoms with Gasteiger partial charge in [-0.2, -0.15) is 8.78 Å². The van der Waals surface area contributed by atoms with E-state index in [4.69, 9.17) is 9.47 Å². The summed E-state index contributed by atoms with van der Waals surface area (Å²) >= 11 is 2.81. The van der Waals surface area contributed by atoms with E-state index in [0.717, 1.165) is 13.8 Å². The molecule has 0 aromatic heterocycles. The number of hydrogen-bond donors (Lipinski definition) is 2. The molecule has 0 bridgehead atoms. The van der Waals surface area contributed by atoms with Gasteiger partial charge in [-0.05, 0) is 0 Å². The minimum Gasteiger partial charge on any atom is -0.457 e. The summed E-state index contributed by atoms with van der Waals surface area (Å²) in [5.74, 6) is -3.07. The van der Waals surface area contributed by atoms with Crippen molar-refractivity contribution in [3.8, 4) is 0 Å². The molecule has 21 heavy (non-hydrogen) atoms. The lowest BCUT2D eigenvalue weighted by Crippen LogP contribution is -2.52. The van der Waals surface area contributed by atoms with E-state index in [1.54, 1.807) is 0 Å². The lowest BCUT2D eigenvalue weighted by molar-refractivity contribution is -0.181. The van der Waals surface area contributed by atoms with Crippen LogP contribution in [0.2, 0.25) is 0 Å². The second-order valence-electron chi connectivity index (χ2n) is 4.40. The number of nitrogens with one attached hydrogen (secondary N) is 1. The Morgan fingerprint density at radius 1 is 1.05 bits per heavy atom. The van der Waals surface area contributed by atoms with Gasteiger partial charge in [0.15, 0.2) is 12.5 Å². The van der Waals surface area contributed by atoms with Crippen molar-refractivity contribution in [1.82, 2.24) is 5.32 Å². The maximum Gasteiger partial charge on any atom is 0.388 e. The third-order valence-electron chi connectivity index (χ3n) is 2.46. The van der Waals surface area contributed by atoms with Gasteiger partial charge in [-0.25, -0.2) is 10.1 Å². The number of rotatable bonds is 4. The standard InChI is InChI=1S/C11H15F2NO6S/c1-5(15)18-8-3-7(20-10(17)11(12,13)21)4-9(14-8)19-6(2)16/h7-9,14,21H,3-4H2,1-2H3. The number of piperidine rings is 1. The first-order valence-corrected chi connectivity index (χ1v) is 6.44. The van der Waals surface area contributed by atoms with Crippen LogP contribution in [0.3, 0.4) is 0 Å².